The molecule has 3 rings (SSSR count). The minimum atomic E-state index is -0.522. The van der Waals surface area contributed by atoms with Gasteiger partial charge in [-0.3, -0.25) is 9.59 Å². The van der Waals surface area contributed by atoms with Gasteiger partial charge in [0, 0.05) is 23.6 Å². The van der Waals surface area contributed by atoms with E-state index < -0.39 is 5.91 Å². The second kappa shape index (κ2) is 7.31. The first-order chi connectivity index (χ1) is 12.0. The molecule has 0 aliphatic carbocycles. The maximum atomic E-state index is 12.1. The van der Waals surface area contributed by atoms with Crippen molar-refractivity contribution in [2.24, 2.45) is 5.73 Å². The van der Waals surface area contributed by atoms with Gasteiger partial charge < -0.3 is 16.0 Å². The molecule has 1 aromatic carbocycles. The van der Waals surface area contributed by atoms with Crippen LogP contribution in [0.1, 0.15) is 28.0 Å². The Morgan fingerprint density at radius 1 is 1.32 bits per heavy atom. The largest absolute Gasteiger partial charge is 0.364 e. The van der Waals surface area contributed by atoms with Crippen LogP contribution >= 0.6 is 11.3 Å². The molecular formula is C18H18N4O2S. The third kappa shape index (κ3) is 4.33. The molecule has 0 aliphatic heterocycles. The lowest BCUT2D eigenvalue weighted by atomic mass is 10.1. The lowest BCUT2D eigenvalue weighted by Gasteiger charge is -2.03. The summed E-state index contributed by atoms with van der Waals surface area (Å²) in [6.07, 6.45) is 2.75. The molecule has 0 saturated heterocycles. The lowest BCUT2D eigenvalue weighted by molar-refractivity contribution is -0.116. The van der Waals surface area contributed by atoms with Gasteiger partial charge >= 0.3 is 0 Å². The molecule has 7 heteroatoms. The first kappa shape index (κ1) is 16.9. The van der Waals surface area contributed by atoms with Crippen molar-refractivity contribution >= 4 is 28.3 Å². The first-order valence-electron chi connectivity index (χ1n) is 7.81. The number of H-pyrrole nitrogens is 1. The van der Waals surface area contributed by atoms with Crippen molar-refractivity contribution in [1.29, 1.82) is 0 Å². The number of nitrogens with one attached hydrogen (secondary N) is 2. The van der Waals surface area contributed by atoms with Crippen LogP contribution in [0.3, 0.4) is 0 Å². The van der Waals surface area contributed by atoms with Crippen LogP contribution in [0.25, 0.3) is 11.3 Å². The molecule has 0 fully saturated rings. The number of hydrogen-bond acceptors (Lipinski definition) is 4. The van der Waals surface area contributed by atoms with E-state index in [-0.39, 0.29) is 5.91 Å². The number of nitrogens with two attached hydrogens (primary N) is 1. The number of thiazole rings is 1. The lowest BCUT2D eigenvalue weighted by Crippen LogP contribution is -2.12. The predicted octanol–water partition coefficient (Wildman–Crippen LogP) is 3.12. The quantitative estimate of drug-likeness (QED) is 0.634. The number of hydrogen-bond donors (Lipinski definition) is 3. The molecule has 0 atom stereocenters. The first-order valence-corrected chi connectivity index (χ1v) is 8.69. The van der Waals surface area contributed by atoms with Gasteiger partial charge in [0.25, 0.3) is 5.91 Å². The van der Waals surface area contributed by atoms with Crippen molar-refractivity contribution in [3.05, 3.63) is 58.7 Å². The molecule has 0 aliphatic rings. The van der Waals surface area contributed by atoms with E-state index in [1.165, 1.54) is 16.9 Å². The van der Waals surface area contributed by atoms with Crippen LogP contribution in [0.5, 0.6) is 0 Å². The number of aryl methyl sites for hydroxylation is 2. The van der Waals surface area contributed by atoms with E-state index in [2.05, 4.69) is 21.4 Å². The van der Waals surface area contributed by atoms with E-state index in [0.29, 0.717) is 29.4 Å². The molecule has 2 amide bonds. The minimum Gasteiger partial charge on any atom is -0.364 e. The number of benzene rings is 1. The van der Waals surface area contributed by atoms with E-state index in [1.54, 1.807) is 12.3 Å². The molecule has 0 spiro atoms. The number of anilines is 1. The van der Waals surface area contributed by atoms with E-state index in [0.717, 1.165) is 11.1 Å². The highest BCUT2D eigenvalue weighted by Crippen LogP contribution is 2.25. The fourth-order valence-electron chi connectivity index (χ4n) is 2.46. The van der Waals surface area contributed by atoms with Crippen LogP contribution in [-0.4, -0.2) is 21.8 Å². The van der Waals surface area contributed by atoms with Crippen LogP contribution in [0.15, 0.2) is 41.9 Å². The number of aromatic amines is 1. The number of amides is 2. The van der Waals surface area contributed by atoms with Gasteiger partial charge in [-0.2, -0.15) is 0 Å². The van der Waals surface area contributed by atoms with Gasteiger partial charge in [-0.25, -0.2) is 4.98 Å². The average Bonchev–Trinajstić information content (AvgIpc) is 3.22. The number of carbonyl (C=O) groups is 2. The highest BCUT2D eigenvalue weighted by Gasteiger charge is 2.11. The van der Waals surface area contributed by atoms with Crippen LogP contribution in [0.4, 0.5) is 5.13 Å². The molecule has 0 bridgehead atoms. The standard InChI is InChI=1S/C18H18N4O2S/c1-11-3-2-4-12(7-11)5-6-16(23)22-18-21-15(10-25-18)13-8-14(17(19)24)20-9-13/h2-4,7-10,20H,5-6H2,1H3,(H2,19,24)(H,21,22,23). The molecule has 2 heterocycles. The van der Waals surface area contributed by atoms with E-state index >= 15 is 0 Å². The number of rotatable bonds is 6. The Hall–Kier alpha value is -2.93. The van der Waals surface area contributed by atoms with E-state index in [1.807, 2.05) is 30.5 Å². The van der Waals surface area contributed by atoms with E-state index in [4.69, 9.17) is 5.73 Å². The zero-order chi connectivity index (χ0) is 17.8. The van der Waals surface area contributed by atoms with Gasteiger partial charge in [-0.1, -0.05) is 29.8 Å². The predicted molar refractivity (Wildman–Crippen MR) is 98.5 cm³/mol. The summed E-state index contributed by atoms with van der Waals surface area (Å²) in [5.41, 5.74) is 9.31. The summed E-state index contributed by atoms with van der Waals surface area (Å²) in [4.78, 5) is 30.4. The van der Waals surface area contributed by atoms with Crippen molar-refractivity contribution in [2.75, 3.05) is 5.32 Å². The minimum absolute atomic E-state index is 0.0747. The Morgan fingerprint density at radius 2 is 2.16 bits per heavy atom. The molecule has 0 saturated carbocycles. The summed E-state index contributed by atoms with van der Waals surface area (Å²) >= 11 is 1.34. The van der Waals surface area contributed by atoms with Gasteiger partial charge in [0.15, 0.2) is 5.13 Å². The zero-order valence-electron chi connectivity index (χ0n) is 13.7. The van der Waals surface area contributed by atoms with Gasteiger partial charge in [0.05, 0.1) is 5.69 Å². The van der Waals surface area contributed by atoms with Crippen LogP contribution in [0.2, 0.25) is 0 Å². The monoisotopic (exact) mass is 354 g/mol. The number of nitrogens with zero attached hydrogens (tertiary/aromatic N) is 1. The second-order valence-electron chi connectivity index (χ2n) is 5.74. The molecule has 2 aromatic heterocycles. The van der Waals surface area contributed by atoms with Gasteiger partial charge in [-0.05, 0) is 25.0 Å². The molecular weight excluding hydrogens is 336 g/mol. The molecule has 25 heavy (non-hydrogen) atoms. The normalized spacial score (nSPS) is 10.6. The van der Waals surface area contributed by atoms with Gasteiger partial charge in [-0.15, -0.1) is 11.3 Å². The Bertz CT molecular complexity index is 913. The van der Waals surface area contributed by atoms with E-state index in [9.17, 15) is 9.59 Å². The van der Waals surface area contributed by atoms with Crippen LogP contribution in [-0.2, 0) is 11.2 Å². The zero-order valence-corrected chi connectivity index (χ0v) is 14.5. The fraction of sp³-hybridized carbons (Fsp3) is 0.167. The number of carbonyl (C=O) groups excluding carboxylic acids is 2. The molecule has 4 N–H and O–H groups in total. The summed E-state index contributed by atoms with van der Waals surface area (Å²) in [5, 5.41) is 5.17. The molecule has 0 radical (unpaired) electrons. The third-order valence-electron chi connectivity index (χ3n) is 3.72. The second-order valence-corrected chi connectivity index (χ2v) is 6.60. The summed E-state index contributed by atoms with van der Waals surface area (Å²) in [6, 6.07) is 9.76. The van der Waals surface area contributed by atoms with Crippen molar-refractivity contribution in [3.8, 4) is 11.3 Å². The summed E-state index contributed by atoms with van der Waals surface area (Å²) in [6.45, 7) is 2.03. The Kier molecular flexibility index (Phi) is 4.95. The van der Waals surface area contributed by atoms with Gasteiger partial charge in [0.2, 0.25) is 5.91 Å². The van der Waals surface area contributed by atoms with Crippen molar-refractivity contribution in [3.63, 3.8) is 0 Å². The van der Waals surface area contributed by atoms with Crippen molar-refractivity contribution in [2.45, 2.75) is 19.8 Å². The summed E-state index contributed by atoms with van der Waals surface area (Å²) in [5.74, 6) is -0.597. The Labute approximate surface area is 149 Å². The summed E-state index contributed by atoms with van der Waals surface area (Å²) < 4.78 is 0. The highest BCUT2D eigenvalue weighted by molar-refractivity contribution is 7.14. The van der Waals surface area contributed by atoms with Crippen molar-refractivity contribution in [1.82, 2.24) is 9.97 Å². The smallest absolute Gasteiger partial charge is 0.265 e. The fourth-order valence-corrected chi connectivity index (χ4v) is 3.19. The Morgan fingerprint density at radius 3 is 2.88 bits per heavy atom. The molecule has 3 aromatic rings. The van der Waals surface area contributed by atoms with Gasteiger partial charge in [0.1, 0.15) is 5.69 Å². The molecule has 6 nitrogen and oxygen atoms in total. The maximum Gasteiger partial charge on any atom is 0.265 e. The summed E-state index contributed by atoms with van der Waals surface area (Å²) in [7, 11) is 0. The third-order valence-corrected chi connectivity index (χ3v) is 4.48. The van der Waals surface area contributed by atoms with Crippen LogP contribution in [0, 0.1) is 6.92 Å². The molecule has 128 valence electrons. The number of primary amides is 1. The average molecular weight is 354 g/mol. The maximum absolute atomic E-state index is 12.1. The number of aromatic nitrogens is 2. The topological polar surface area (TPSA) is 101 Å². The highest BCUT2D eigenvalue weighted by atomic mass is 32.1. The van der Waals surface area contributed by atoms with Crippen molar-refractivity contribution < 1.29 is 9.59 Å². The van der Waals surface area contributed by atoms with Crippen LogP contribution < -0.4 is 11.1 Å². The SMILES string of the molecule is Cc1cccc(CCC(=O)Nc2nc(-c3c[nH]c(C(N)=O)c3)cs2)c1. The Balaban J connectivity index is 1.58. The molecule has 0 unspecified atom stereocenters.